The monoisotopic (exact) mass is 403 g/mol. The van der Waals surface area contributed by atoms with E-state index >= 15 is 0 Å². The third kappa shape index (κ3) is 2.18. The summed E-state index contributed by atoms with van der Waals surface area (Å²) < 4.78 is 7.09. The Hall–Kier alpha value is -0.590. The Labute approximate surface area is 136 Å². The summed E-state index contributed by atoms with van der Waals surface area (Å²) >= 11 is 8.47. The van der Waals surface area contributed by atoms with Crippen molar-refractivity contribution in [3.63, 3.8) is 0 Å². The number of aliphatic hydroxyl groups excluding tert-OH is 1. The molecular formula is C15H15ClINO2. The summed E-state index contributed by atoms with van der Waals surface area (Å²) in [5.41, 5.74) is 0.547. The van der Waals surface area contributed by atoms with Gasteiger partial charge in [0.25, 0.3) is 0 Å². The number of ether oxygens (including phenoxy) is 1. The Kier molecular flexibility index (Phi) is 3.59. The van der Waals surface area contributed by atoms with Crippen LogP contribution in [0.2, 0.25) is 5.02 Å². The first-order valence-electron chi connectivity index (χ1n) is 6.48. The number of hydrogen-bond donors (Lipinski definition) is 1. The van der Waals surface area contributed by atoms with E-state index in [2.05, 4.69) is 27.6 Å². The van der Waals surface area contributed by atoms with E-state index in [0.717, 1.165) is 20.2 Å². The molecule has 1 aliphatic carbocycles. The van der Waals surface area contributed by atoms with Crippen molar-refractivity contribution >= 4 is 45.1 Å². The van der Waals surface area contributed by atoms with E-state index in [4.69, 9.17) is 16.3 Å². The highest BCUT2D eigenvalue weighted by atomic mass is 127. The molecule has 106 valence electrons. The van der Waals surface area contributed by atoms with Crippen LogP contribution in [0.15, 0.2) is 24.4 Å². The first-order valence-corrected chi connectivity index (χ1v) is 7.94. The molecule has 3 rings (SSSR count). The average Bonchev–Trinajstić information content (AvgIpc) is 2.42. The summed E-state index contributed by atoms with van der Waals surface area (Å²) in [4.78, 5) is 4.40. The number of pyridine rings is 1. The fourth-order valence-corrected chi connectivity index (χ4v) is 3.61. The maximum absolute atomic E-state index is 9.83. The Morgan fingerprint density at radius 3 is 2.90 bits per heavy atom. The summed E-state index contributed by atoms with van der Waals surface area (Å²) in [6.45, 7) is 4.04. The van der Waals surface area contributed by atoms with E-state index in [1.165, 1.54) is 0 Å². The molecule has 2 atom stereocenters. The number of rotatable bonds is 2. The van der Waals surface area contributed by atoms with Crippen molar-refractivity contribution in [1.82, 2.24) is 4.98 Å². The van der Waals surface area contributed by atoms with Gasteiger partial charge in [-0.15, -0.1) is 0 Å². The Balaban J connectivity index is 2.04. The molecule has 3 nitrogen and oxygen atoms in total. The highest BCUT2D eigenvalue weighted by Gasteiger charge is 2.49. The second kappa shape index (κ2) is 5.00. The van der Waals surface area contributed by atoms with Gasteiger partial charge in [0, 0.05) is 23.4 Å². The molecule has 2 unspecified atom stereocenters. The van der Waals surface area contributed by atoms with E-state index in [1.807, 2.05) is 32.0 Å². The minimum absolute atomic E-state index is 0.00241. The van der Waals surface area contributed by atoms with Crippen LogP contribution in [0.5, 0.6) is 5.75 Å². The standard InChI is InChI=1S/C15H15ClINO2/c1-15(2)11(19)7-12(15)20-14-10(17)6-9(16)8-4-3-5-18-13(8)14/h3-6,11-12,19H,7H2,1-2H3. The molecule has 0 aliphatic heterocycles. The first kappa shape index (κ1) is 14.4. The third-order valence-corrected chi connectivity index (χ3v) is 5.25. The van der Waals surface area contributed by atoms with E-state index in [1.54, 1.807) is 6.20 Å². The second-order valence-corrected chi connectivity index (χ2v) is 7.32. The fourth-order valence-electron chi connectivity index (χ4n) is 2.47. The highest BCUT2D eigenvalue weighted by Crippen LogP contribution is 2.45. The topological polar surface area (TPSA) is 42.4 Å². The van der Waals surface area contributed by atoms with E-state index in [9.17, 15) is 5.11 Å². The lowest BCUT2D eigenvalue weighted by molar-refractivity contribution is -0.134. The zero-order valence-electron chi connectivity index (χ0n) is 11.2. The van der Waals surface area contributed by atoms with Crippen molar-refractivity contribution in [2.45, 2.75) is 32.5 Å². The van der Waals surface area contributed by atoms with Gasteiger partial charge in [0.15, 0.2) is 5.75 Å². The zero-order valence-corrected chi connectivity index (χ0v) is 14.1. The van der Waals surface area contributed by atoms with Crippen LogP contribution in [0, 0.1) is 8.99 Å². The van der Waals surface area contributed by atoms with Gasteiger partial charge in [-0.3, -0.25) is 4.98 Å². The number of benzene rings is 1. The summed E-state index contributed by atoms with van der Waals surface area (Å²) in [6.07, 6.45) is 2.08. The van der Waals surface area contributed by atoms with Crippen LogP contribution in [-0.2, 0) is 0 Å². The number of hydrogen-bond acceptors (Lipinski definition) is 3. The van der Waals surface area contributed by atoms with Gasteiger partial charge in [-0.25, -0.2) is 0 Å². The minimum Gasteiger partial charge on any atom is -0.486 e. The number of nitrogens with zero attached hydrogens (tertiary/aromatic N) is 1. The number of halogens is 2. The van der Waals surface area contributed by atoms with Gasteiger partial charge in [0.1, 0.15) is 11.6 Å². The average molecular weight is 404 g/mol. The first-order chi connectivity index (χ1) is 9.41. The predicted octanol–water partition coefficient (Wildman–Crippen LogP) is 4.03. The maximum atomic E-state index is 9.83. The van der Waals surface area contributed by atoms with Crippen LogP contribution in [0.25, 0.3) is 10.9 Å². The molecule has 1 fully saturated rings. The Bertz CT molecular complexity index is 674. The lowest BCUT2D eigenvalue weighted by atomic mass is 9.66. The molecule has 1 aromatic carbocycles. The number of aromatic nitrogens is 1. The van der Waals surface area contributed by atoms with Crippen LogP contribution in [0.4, 0.5) is 0 Å². The van der Waals surface area contributed by atoms with Gasteiger partial charge in [-0.05, 0) is 40.8 Å². The van der Waals surface area contributed by atoms with Gasteiger partial charge in [-0.1, -0.05) is 25.4 Å². The van der Waals surface area contributed by atoms with E-state index in [-0.39, 0.29) is 17.6 Å². The van der Waals surface area contributed by atoms with Gasteiger partial charge >= 0.3 is 0 Å². The lowest BCUT2D eigenvalue weighted by Crippen LogP contribution is -2.56. The molecule has 1 aliphatic rings. The second-order valence-electron chi connectivity index (χ2n) is 5.75. The molecule has 0 bridgehead atoms. The van der Waals surface area contributed by atoms with Crippen molar-refractivity contribution < 1.29 is 9.84 Å². The molecule has 0 radical (unpaired) electrons. The van der Waals surface area contributed by atoms with Crippen molar-refractivity contribution in [1.29, 1.82) is 0 Å². The quantitative estimate of drug-likeness (QED) is 0.770. The Morgan fingerprint density at radius 2 is 2.25 bits per heavy atom. The molecule has 1 saturated carbocycles. The molecule has 1 aromatic heterocycles. The summed E-state index contributed by atoms with van der Waals surface area (Å²) in [5.74, 6) is 0.760. The minimum atomic E-state index is -0.309. The molecule has 1 heterocycles. The van der Waals surface area contributed by atoms with Crippen LogP contribution in [-0.4, -0.2) is 22.3 Å². The summed E-state index contributed by atoms with van der Waals surface area (Å²) in [5, 5.41) is 11.4. The Morgan fingerprint density at radius 1 is 1.50 bits per heavy atom. The van der Waals surface area contributed by atoms with Crippen LogP contribution < -0.4 is 4.74 Å². The zero-order chi connectivity index (χ0) is 14.5. The highest BCUT2D eigenvalue weighted by molar-refractivity contribution is 14.1. The van der Waals surface area contributed by atoms with E-state index < -0.39 is 0 Å². The van der Waals surface area contributed by atoms with Crippen molar-refractivity contribution in [2.75, 3.05) is 0 Å². The van der Waals surface area contributed by atoms with Crippen LogP contribution >= 0.6 is 34.2 Å². The number of fused-ring (bicyclic) bond motifs is 1. The van der Waals surface area contributed by atoms with Crippen molar-refractivity contribution in [3.8, 4) is 5.75 Å². The molecule has 0 saturated heterocycles. The molecule has 0 spiro atoms. The normalized spacial score (nSPS) is 24.4. The van der Waals surface area contributed by atoms with Gasteiger partial charge in [0.2, 0.25) is 0 Å². The maximum Gasteiger partial charge on any atom is 0.159 e. The largest absolute Gasteiger partial charge is 0.486 e. The molecule has 2 aromatic rings. The van der Waals surface area contributed by atoms with Gasteiger partial charge in [0.05, 0.1) is 14.7 Å². The molecule has 20 heavy (non-hydrogen) atoms. The van der Waals surface area contributed by atoms with Crippen LogP contribution in [0.3, 0.4) is 0 Å². The smallest absolute Gasteiger partial charge is 0.159 e. The summed E-state index contributed by atoms with van der Waals surface area (Å²) in [7, 11) is 0. The molecule has 1 N–H and O–H groups in total. The van der Waals surface area contributed by atoms with Crippen molar-refractivity contribution in [2.24, 2.45) is 5.41 Å². The third-order valence-electron chi connectivity index (χ3n) is 4.14. The lowest BCUT2D eigenvalue weighted by Gasteiger charge is -2.48. The van der Waals surface area contributed by atoms with Gasteiger partial charge < -0.3 is 9.84 Å². The number of aliphatic hydroxyl groups is 1. The summed E-state index contributed by atoms with van der Waals surface area (Å²) in [6, 6.07) is 5.69. The fraction of sp³-hybridized carbons (Fsp3) is 0.400. The SMILES string of the molecule is CC1(C)C(O)CC1Oc1c(I)cc(Cl)c2cccnc12. The van der Waals surface area contributed by atoms with Crippen molar-refractivity contribution in [3.05, 3.63) is 33.0 Å². The predicted molar refractivity (Wildman–Crippen MR) is 88.3 cm³/mol. The van der Waals surface area contributed by atoms with E-state index in [0.29, 0.717) is 11.4 Å². The van der Waals surface area contributed by atoms with Crippen LogP contribution in [0.1, 0.15) is 20.3 Å². The molecular weight excluding hydrogens is 389 g/mol. The molecule has 0 amide bonds. The van der Waals surface area contributed by atoms with Gasteiger partial charge in [-0.2, -0.15) is 0 Å². The molecule has 5 heteroatoms.